The van der Waals surface area contributed by atoms with Crippen LogP contribution in [0.15, 0.2) is 60.2 Å². The molecule has 0 fully saturated rings. The lowest BCUT2D eigenvalue weighted by Gasteiger charge is -2.22. The van der Waals surface area contributed by atoms with Gasteiger partial charge in [-0.2, -0.15) is 5.26 Å². The molecule has 1 aliphatic rings. The number of benzene rings is 2. The van der Waals surface area contributed by atoms with Crippen molar-refractivity contribution < 1.29 is 9.69 Å². The number of nitriles is 1. The zero-order chi connectivity index (χ0) is 22.5. The number of nitrogens with one attached hydrogen (secondary N) is 2. The largest absolute Gasteiger partial charge is 0.378 e. The van der Waals surface area contributed by atoms with Crippen LogP contribution in [-0.4, -0.2) is 31.5 Å². The van der Waals surface area contributed by atoms with Crippen LogP contribution in [0.3, 0.4) is 0 Å². The Morgan fingerprint density at radius 2 is 1.97 bits per heavy atom. The molecule has 1 amide bonds. The van der Waals surface area contributed by atoms with Crippen LogP contribution >= 0.6 is 11.3 Å². The van der Waals surface area contributed by atoms with Gasteiger partial charge in [-0.25, -0.2) is 4.98 Å². The first-order valence-electron chi connectivity index (χ1n) is 10.6. The van der Waals surface area contributed by atoms with Crippen LogP contribution in [0, 0.1) is 11.3 Å². The summed E-state index contributed by atoms with van der Waals surface area (Å²) in [7, 11) is 3.93. The Morgan fingerprint density at radius 3 is 2.66 bits per heavy atom. The van der Waals surface area contributed by atoms with Gasteiger partial charge in [0.25, 0.3) is 5.91 Å². The molecule has 0 bridgehead atoms. The van der Waals surface area contributed by atoms with Crippen LogP contribution in [0.25, 0.3) is 6.08 Å². The quantitative estimate of drug-likeness (QED) is 0.453. The highest BCUT2D eigenvalue weighted by Crippen LogP contribution is 2.25. The van der Waals surface area contributed by atoms with Gasteiger partial charge in [0, 0.05) is 31.8 Å². The van der Waals surface area contributed by atoms with Crippen molar-refractivity contribution in [3.8, 4) is 6.07 Å². The maximum Gasteiger partial charge on any atom is 0.268 e. The van der Waals surface area contributed by atoms with Crippen molar-refractivity contribution in [2.24, 2.45) is 0 Å². The molecule has 0 saturated carbocycles. The fourth-order valence-electron chi connectivity index (χ4n) is 3.76. The predicted molar refractivity (Wildman–Crippen MR) is 128 cm³/mol. The van der Waals surface area contributed by atoms with Crippen molar-refractivity contribution >= 4 is 34.1 Å². The molecule has 1 aliphatic heterocycles. The van der Waals surface area contributed by atoms with Gasteiger partial charge in [0.2, 0.25) is 0 Å². The molecule has 6 nitrogen and oxygen atoms in total. The first-order valence-corrected chi connectivity index (χ1v) is 11.4. The van der Waals surface area contributed by atoms with Gasteiger partial charge in [-0.05, 0) is 23.8 Å². The van der Waals surface area contributed by atoms with E-state index in [9.17, 15) is 10.1 Å². The lowest BCUT2D eigenvalue weighted by Crippen LogP contribution is -3.10. The van der Waals surface area contributed by atoms with E-state index in [2.05, 4.69) is 34.6 Å². The van der Waals surface area contributed by atoms with E-state index in [4.69, 9.17) is 0 Å². The Hall–Kier alpha value is -3.47. The summed E-state index contributed by atoms with van der Waals surface area (Å²) in [6, 6.07) is 20.2. The number of carbonyl (C=O) groups excluding carboxylic acids is 1. The van der Waals surface area contributed by atoms with Crippen LogP contribution in [0.4, 0.5) is 10.8 Å². The monoisotopic (exact) mass is 444 g/mol. The third-order valence-electron chi connectivity index (χ3n) is 5.51. The lowest BCUT2D eigenvalue weighted by molar-refractivity contribution is -0.929. The molecule has 2 N–H and O–H groups in total. The fourth-order valence-corrected chi connectivity index (χ4v) is 4.84. The molecule has 3 aromatic rings. The van der Waals surface area contributed by atoms with E-state index in [1.807, 2.05) is 55.4 Å². The zero-order valence-corrected chi connectivity index (χ0v) is 19.1. The number of amides is 1. The van der Waals surface area contributed by atoms with E-state index >= 15 is 0 Å². The van der Waals surface area contributed by atoms with E-state index in [0.717, 1.165) is 43.0 Å². The van der Waals surface area contributed by atoms with Crippen LogP contribution in [0.1, 0.15) is 21.7 Å². The molecule has 0 saturated heterocycles. The number of hydrogen-bond donors (Lipinski definition) is 2. The van der Waals surface area contributed by atoms with E-state index in [-0.39, 0.29) is 5.57 Å². The van der Waals surface area contributed by atoms with Crippen LogP contribution < -0.4 is 15.1 Å². The number of hydrogen-bond acceptors (Lipinski definition) is 5. The van der Waals surface area contributed by atoms with Crippen LogP contribution in [0.2, 0.25) is 0 Å². The summed E-state index contributed by atoms with van der Waals surface area (Å²) in [6.07, 6.45) is 2.50. The van der Waals surface area contributed by atoms with Crippen molar-refractivity contribution in [1.29, 1.82) is 5.26 Å². The summed E-state index contributed by atoms with van der Waals surface area (Å²) in [5.41, 5.74) is 4.31. The minimum atomic E-state index is -0.427. The highest BCUT2D eigenvalue weighted by atomic mass is 32.1. The van der Waals surface area contributed by atoms with Crippen molar-refractivity contribution in [2.75, 3.05) is 30.9 Å². The van der Waals surface area contributed by atoms with Gasteiger partial charge >= 0.3 is 0 Å². The number of carbonyl (C=O) groups is 1. The molecule has 4 rings (SSSR count). The van der Waals surface area contributed by atoms with Gasteiger partial charge in [0.1, 0.15) is 24.7 Å². The summed E-state index contributed by atoms with van der Waals surface area (Å²) in [5, 5.41) is 12.9. The Kier molecular flexibility index (Phi) is 6.64. The van der Waals surface area contributed by atoms with E-state index < -0.39 is 5.91 Å². The summed E-state index contributed by atoms with van der Waals surface area (Å²) < 4.78 is 0. The Morgan fingerprint density at radius 1 is 1.22 bits per heavy atom. The molecule has 2 heterocycles. The molecule has 2 aromatic carbocycles. The number of fused-ring (bicyclic) bond motifs is 1. The number of aromatic nitrogens is 1. The second kappa shape index (κ2) is 9.77. The molecule has 0 spiro atoms. The summed E-state index contributed by atoms with van der Waals surface area (Å²) in [6.45, 7) is 2.90. The Bertz CT molecular complexity index is 1160. The molecule has 0 radical (unpaired) electrons. The van der Waals surface area contributed by atoms with E-state index in [1.54, 1.807) is 6.08 Å². The molecule has 32 heavy (non-hydrogen) atoms. The third kappa shape index (κ3) is 5.22. The minimum absolute atomic E-state index is 0.0621. The number of rotatable bonds is 6. The molecular formula is C25H26N5OS+. The Labute approximate surface area is 192 Å². The van der Waals surface area contributed by atoms with Gasteiger partial charge in [-0.1, -0.05) is 53.8 Å². The molecule has 162 valence electrons. The van der Waals surface area contributed by atoms with Gasteiger partial charge in [-0.15, -0.1) is 0 Å². The zero-order valence-electron chi connectivity index (χ0n) is 18.3. The normalized spacial score (nSPS) is 15.5. The number of quaternary nitrogens is 1. The number of thiazole rings is 1. The third-order valence-corrected chi connectivity index (χ3v) is 6.52. The topological polar surface area (TPSA) is 73.5 Å². The maximum absolute atomic E-state index is 12.7. The van der Waals surface area contributed by atoms with Gasteiger partial charge in [-0.3, -0.25) is 10.1 Å². The molecule has 7 heteroatoms. The van der Waals surface area contributed by atoms with Crippen LogP contribution in [-0.2, 0) is 24.3 Å². The highest BCUT2D eigenvalue weighted by Gasteiger charge is 2.24. The van der Waals surface area contributed by atoms with E-state index in [0.29, 0.717) is 5.13 Å². The number of anilines is 2. The minimum Gasteiger partial charge on any atom is -0.378 e. The Balaban J connectivity index is 1.42. The molecule has 0 aliphatic carbocycles. The first-order chi connectivity index (χ1) is 15.5. The van der Waals surface area contributed by atoms with Gasteiger partial charge in [0.05, 0.1) is 17.1 Å². The molecular weight excluding hydrogens is 418 g/mol. The summed E-state index contributed by atoms with van der Waals surface area (Å²) in [4.78, 5) is 22.0. The number of nitrogens with zero attached hydrogens (tertiary/aromatic N) is 3. The standard InChI is InChI=1S/C25H25N5OS/c1-29(2)21-10-8-18(9-11-21)14-20(15-26)24(31)28-25-27-22-12-13-30(17-23(22)32-25)16-19-6-4-3-5-7-19/h3-11,14H,12-13,16-17H2,1-2H3,(H,27,28,31)/p+1/b20-14+. The van der Waals surface area contributed by atoms with E-state index in [1.165, 1.54) is 26.7 Å². The smallest absolute Gasteiger partial charge is 0.268 e. The summed E-state index contributed by atoms with van der Waals surface area (Å²) in [5.74, 6) is -0.427. The fraction of sp³-hybridized carbons (Fsp3) is 0.240. The summed E-state index contributed by atoms with van der Waals surface area (Å²) >= 11 is 1.51. The average molecular weight is 445 g/mol. The second-order valence-corrected chi connectivity index (χ2v) is 9.17. The highest BCUT2D eigenvalue weighted by molar-refractivity contribution is 7.15. The molecule has 1 aromatic heterocycles. The van der Waals surface area contributed by atoms with Crippen molar-refractivity contribution in [3.63, 3.8) is 0 Å². The second-order valence-electron chi connectivity index (χ2n) is 8.09. The lowest BCUT2D eigenvalue weighted by atomic mass is 10.1. The van der Waals surface area contributed by atoms with Gasteiger partial charge < -0.3 is 9.80 Å². The predicted octanol–water partition coefficient (Wildman–Crippen LogP) is 2.90. The average Bonchev–Trinajstić information content (AvgIpc) is 3.19. The first kappa shape index (κ1) is 21.8. The van der Waals surface area contributed by atoms with Crippen molar-refractivity contribution in [1.82, 2.24) is 4.98 Å². The van der Waals surface area contributed by atoms with Crippen LogP contribution in [0.5, 0.6) is 0 Å². The molecule has 1 unspecified atom stereocenters. The SMILES string of the molecule is CN(C)c1ccc(/C=C(\C#N)C(=O)Nc2nc3c(s2)C[NH+](Cc2ccccc2)CC3)cc1. The van der Waals surface area contributed by atoms with Crippen molar-refractivity contribution in [3.05, 3.63) is 81.9 Å². The maximum atomic E-state index is 12.7. The molecule has 1 atom stereocenters. The van der Waals surface area contributed by atoms with Crippen molar-refractivity contribution in [2.45, 2.75) is 19.5 Å². The van der Waals surface area contributed by atoms with Gasteiger partial charge in [0.15, 0.2) is 5.13 Å².